The van der Waals surface area contributed by atoms with Gasteiger partial charge in [-0.1, -0.05) is 19.1 Å². The minimum absolute atomic E-state index is 0.276. The van der Waals surface area contributed by atoms with Crippen molar-refractivity contribution in [2.45, 2.75) is 32.4 Å². The molecule has 0 radical (unpaired) electrons. The van der Waals surface area contributed by atoms with Crippen LogP contribution in [0.25, 0.3) is 11.0 Å². The summed E-state index contributed by atoms with van der Waals surface area (Å²) >= 11 is 0. The van der Waals surface area contributed by atoms with Crippen molar-refractivity contribution in [3.05, 3.63) is 30.1 Å². The number of para-hydroxylation sites is 2. The number of fused-ring (bicyclic) bond motifs is 1. The number of imidazole rings is 1. The minimum Gasteiger partial charge on any atom is -0.390 e. The molecule has 1 heterocycles. The number of hydrogen-bond acceptors (Lipinski definition) is 3. The van der Waals surface area contributed by atoms with Gasteiger partial charge in [0, 0.05) is 13.0 Å². The molecule has 3 N–H and O–H groups in total. The highest BCUT2D eigenvalue weighted by atomic mass is 16.3. The Morgan fingerprint density at radius 2 is 2.18 bits per heavy atom. The molecule has 0 saturated carbocycles. The maximum absolute atomic E-state index is 9.71. The van der Waals surface area contributed by atoms with E-state index in [1.807, 2.05) is 24.3 Å². The molecular formula is C13H19N3O. The third-order valence-electron chi connectivity index (χ3n) is 2.87. The molecule has 0 amide bonds. The fourth-order valence-electron chi connectivity index (χ4n) is 2.03. The van der Waals surface area contributed by atoms with Gasteiger partial charge in [0.15, 0.2) is 0 Å². The highest BCUT2D eigenvalue weighted by Gasteiger charge is 2.12. The third-order valence-corrected chi connectivity index (χ3v) is 2.87. The average Bonchev–Trinajstić information content (AvgIpc) is 2.68. The summed E-state index contributed by atoms with van der Waals surface area (Å²) < 4.78 is 2.08. The number of nitrogens with zero attached hydrogens (tertiary/aromatic N) is 2. The molecule has 0 fully saturated rings. The third kappa shape index (κ3) is 2.48. The summed E-state index contributed by atoms with van der Waals surface area (Å²) in [6, 6.07) is 8.00. The van der Waals surface area contributed by atoms with Gasteiger partial charge in [-0.05, 0) is 18.6 Å². The van der Waals surface area contributed by atoms with Crippen LogP contribution in [0.4, 0.5) is 0 Å². The number of benzene rings is 1. The molecule has 4 nitrogen and oxygen atoms in total. The molecule has 2 rings (SSSR count). The smallest absolute Gasteiger partial charge is 0.109 e. The Morgan fingerprint density at radius 3 is 2.88 bits per heavy atom. The Kier molecular flexibility index (Phi) is 3.76. The fraction of sp³-hybridized carbons (Fsp3) is 0.462. The van der Waals surface area contributed by atoms with Crippen LogP contribution in [0.15, 0.2) is 24.3 Å². The molecule has 4 heteroatoms. The van der Waals surface area contributed by atoms with Crippen LogP contribution in [0.3, 0.4) is 0 Å². The zero-order valence-corrected chi connectivity index (χ0v) is 10.1. The molecule has 1 aromatic heterocycles. The van der Waals surface area contributed by atoms with Crippen LogP contribution < -0.4 is 5.73 Å². The van der Waals surface area contributed by atoms with E-state index < -0.39 is 6.10 Å². The molecule has 1 aromatic carbocycles. The highest BCUT2D eigenvalue weighted by molar-refractivity contribution is 5.75. The summed E-state index contributed by atoms with van der Waals surface area (Å²) in [4.78, 5) is 4.60. The van der Waals surface area contributed by atoms with Crippen molar-refractivity contribution < 1.29 is 5.11 Å². The zero-order chi connectivity index (χ0) is 12.3. The van der Waals surface area contributed by atoms with Crippen LogP contribution >= 0.6 is 0 Å². The average molecular weight is 233 g/mol. The van der Waals surface area contributed by atoms with Gasteiger partial charge in [-0.25, -0.2) is 4.98 Å². The molecule has 0 bridgehead atoms. The van der Waals surface area contributed by atoms with Crippen LogP contribution in [0.5, 0.6) is 0 Å². The van der Waals surface area contributed by atoms with E-state index in [-0.39, 0.29) is 6.54 Å². The largest absolute Gasteiger partial charge is 0.390 e. The number of nitrogens with two attached hydrogens (primary N) is 1. The van der Waals surface area contributed by atoms with Crippen molar-refractivity contribution in [1.82, 2.24) is 9.55 Å². The van der Waals surface area contributed by atoms with Crippen molar-refractivity contribution in [2.24, 2.45) is 5.73 Å². The second kappa shape index (κ2) is 5.29. The molecule has 0 unspecified atom stereocenters. The number of aromatic nitrogens is 2. The lowest BCUT2D eigenvalue weighted by molar-refractivity contribution is 0.162. The van der Waals surface area contributed by atoms with E-state index in [1.165, 1.54) is 0 Å². The van der Waals surface area contributed by atoms with E-state index in [0.29, 0.717) is 6.54 Å². The van der Waals surface area contributed by atoms with E-state index in [4.69, 9.17) is 5.73 Å². The Balaban J connectivity index is 2.44. The summed E-state index contributed by atoms with van der Waals surface area (Å²) in [6.45, 7) is 2.92. The van der Waals surface area contributed by atoms with E-state index in [0.717, 1.165) is 29.7 Å². The van der Waals surface area contributed by atoms with E-state index in [9.17, 15) is 5.11 Å². The lowest BCUT2D eigenvalue weighted by Gasteiger charge is -2.12. The van der Waals surface area contributed by atoms with Crippen molar-refractivity contribution >= 4 is 11.0 Å². The molecule has 0 aliphatic heterocycles. The standard InChI is InChI=1S/C13H19N3O/c1-2-5-13-15-11-6-3-4-7-12(11)16(13)9-10(17)8-14/h3-4,6-7,10,17H,2,5,8-9,14H2,1H3/t10-/m1/s1. The van der Waals surface area contributed by atoms with Crippen molar-refractivity contribution in [3.63, 3.8) is 0 Å². The lowest BCUT2D eigenvalue weighted by atomic mass is 10.3. The van der Waals surface area contributed by atoms with Crippen LogP contribution in [0.2, 0.25) is 0 Å². The summed E-state index contributed by atoms with van der Waals surface area (Å²) in [5, 5.41) is 9.71. The summed E-state index contributed by atoms with van der Waals surface area (Å²) in [5.41, 5.74) is 7.53. The van der Waals surface area contributed by atoms with E-state index in [1.54, 1.807) is 0 Å². The lowest BCUT2D eigenvalue weighted by Crippen LogP contribution is -2.26. The fourth-order valence-corrected chi connectivity index (χ4v) is 2.03. The monoisotopic (exact) mass is 233 g/mol. The maximum Gasteiger partial charge on any atom is 0.109 e. The summed E-state index contributed by atoms with van der Waals surface area (Å²) in [6.07, 6.45) is 1.46. The van der Waals surface area contributed by atoms with Gasteiger partial charge in [0.2, 0.25) is 0 Å². The molecule has 0 aliphatic rings. The van der Waals surface area contributed by atoms with Gasteiger partial charge >= 0.3 is 0 Å². The first-order valence-corrected chi connectivity index (χ1v) is 6.08. The molecule has 0 aliphatic carbocycles. The van der Waals surface area contributed by atoms with Crippen LogP contribution in [0.1, 0.15) is 19.2 Å². The van der Waals surface area contributed by atoms with Gasteiger partial charge < -0.3 is 15.4 Å². The number of aliphatic hydroxyl groups excluding tert-OH is 1. The van der Waals surface area contributed by atoms with Gasteiger partial charge in [-0.3, -0.25) is 0 Å². The van der Waals surface area contributed by atoms with Crippen LogP contribution in [-0.4, -0.2) is 27.3 Å². The molecule has 92 valence electrons. The minimum atomic E-state index is -0.511. The Morgan fingerprint density at radius 1 is 1.41 bits per heavy atom. The quantitative estimate of drug-likeness (QED) is 0.818. The zero-order valence-electron chi connectivity index (χ0n) is 10.1. The predicted molar refractivity (Wildman–Crippen MR) is 68.8 cm³/mol. The molecular weight excluding hydrogens is 214 g/mol. The summed E-state index contributed by atoms with van der Waals surface area (Å²) in [7, 11) is 0. The van der Waals surface area contributed by atoms with Crippen molar-refractivity contribution in [2.75, 3.05) is 6.54 Å². The van der Waals surface area contributed by atoms with Crippen molar-refractivity contribution in [3.8, 4) is 0 Å². The first kappa shape index (κ1) is 12.1. The van der Waals surface area contributed by atoms with Gasteiger partial charge in [-0.2, -0.15) is 0 Å². The van der Waals surface area contributed by atoms with Gasteiger partial charge in [0.05, 0.1) is 23.7 Å². The van der Waals surface area contributed by atoms with Crippen LogP contribution in [0, 0.1) is 0 Å². The second-order valence-corrected chi connectivity index (χ2v) is 4.27. The number of hydrogen-bond donors (Lipinski definition) is 2. The Bertz CT molecular complexity index is 492. The molecule has 2 aromatic rings. The van der Waals surface area contributed by atoms with Gasteiger partial charge in [0.25, 0.3) is 0 Å². The Labute approximate surface area is 101 Å². The topological polar surface area (TPSA) is 64.1 Å². The second-order valence-electron chi connectivity index (χ2n) is 4.27. The van der Waals surface area contributed by atoms with E-state index >= 15 is 0 Å². The summed E-state index contributed by atoms with van der Waals surface area (Å²) in [5.74, 6) is 1.03. The first-order valence-electron chi connectivity index (χ1n) is 6.08. The number of rotatable bonds is 5. The van der Waals surface area contributed by atoms with Crippen molar-refractivity contribution in [1.29, 1.82) is 0 Å². The van der Waals surface area contributed by atoms with E-state index in [2.05, 4.69) is 16.5 Å². The molecule has 0 saturated heterocycles. The first-order chi connectivity index (χ1) is 8.26. The molecule has 0 spiro atoms. The normalized spacial score (nSPS) is 13.1. The maximum atomic E-state index is 9.71. The Hall–Kier alpha value is -1.39. The predicted octanol–water partition coefficient (Wildman–Crippen LogP) is 1.31. The van der Waals surface area contributed by atoms with Gasteiger partial charge in [0.1, 0.15) is 5.82 Å². The number of aliphatic hydroxyl groups is 1. The number of aryl methyl sites for hydroxylation is 1. The van der Waals surface area contributed by atoms with Crippen LogP contribution in [-0.2, 0) is 13.0 Å². The SMILES string of the molecule is CCCc1nc2ccccc2n1C[C@H](O)CN. The molecule has 17 heavy (non-hydrogen) atoms. The highest BCUT2D eigenvalue weighted by Crippen LogP contribution is 2.17. The molecule has 1 atom stereocenters. The van der Waals surface area contributed by atoms with Gasteiger partial charge in [-0.15, -0.1) is 0 Å².